The molecule has 0 amide bonds. The fourth-order valence-corrected chi connectivity index (χ4v) is 0.971. The van der Waals surface area contributed by atoms with Crippen LogP contribution in [0.3, 0.4) is 0 Å². The number of pyridine rings is 2. The third kappa shape index (κ3) is 7.77. The maximum absolute atomic E-state index is 4.49. The van der Waals surface area contributed by atoms with Crippen molar-refractivity contribution in [2.75, 3.05) is 5.32 Å². The van der Waals surface area contributed by atoms with E-state index in [0.29, 0.717) is 0 Å². The molecule has 2 heterocycles. The molecule has 0 aliphatic carbocycles. The van der Waals surface area contributed by atoms with Crippen molar-refractivity contribution >= 4 is 40.8 Å². The van der Waals surface area contributed by atoms with Crippen LogP contribution in [0.5, 0.6) is 0 Å². The summed E-state index contributed by atoms with van der Waals surface area (Å²) < 4.78 is 0. The summed E-state index contributed by atoms with van der Waals surface area (Å²) >= 11 is 2.22. The predicted octanol–water partition coefficient (Wildman–Crippen LogP) is 2.82. The van der Waals surface area contributed by atoms with Crippen LogP contribution in [0.2, 0.25) is 0 Å². The molecule has 17 heavy (non-hydrogen) atoms. The summed E-state index contributed by atoms with van der Waals surface area (Å²) in [6.07, 6.45) is 6.23. The van der Waals surface area contributed by atoms with Gasteiger partial charge in [0.2, 0.25) is 0 Å². The van der Waals surface area contributed by atoms with Crippen molar-refractivity contribution in [1.29, 1.82) is 0 Å². The van der Waals surface area contributed by atoms with Crippen molar-refractivity contribution in [2.24, 2.45) is 0 Å². The van der Waals surface area contributed by atoms with E-state index < -0.39 is 0 Å². The molecule has 7 heteroatoms. The summed E-state index contributed by atoms with van der Waals surface area (Å²) in [5.74, 6) is 0.798. The molecule has 2 aromatic rings. The molecule has 2 unspecified atom stereocenters. The Kier molecular flexibility index (Phi) is 14.0. The number of halogens is 1. The van der Waals surface area contributed by atoms with E-state index in [1.807, 2.05) is 30.3 Å². The number of anilines is 2. The zero-order valence-electron chi connectivity index (χ0n) is 9.04. The van der Waals surface area contributed by atoms with Crippen LogP contribution >= 0.6 is 29.3 Å². The van der Waals surface area contributed by atoms with Gasteiger partial charge in [0.1, 0.15) is 5.82 Å². The molecule has 2 aromatic heterocycles. The topological polar surface area (TPSA) is 37.8 Å². The molecular formula is C10H14ClN3P2Pd. The number of hydrogen-bond acceptors (Lipinski definition) is 3. The summed E-state index contributed by atoms with van der Waals surface area (Å²) in [4.78, 5) is 7.98. The first-order valence-corrected chi connectivity index (χ1v) is 6.08. The number of nitrogens with zero attached hydrogens (tertiary/aromatic N) is 2. The van der Waals surface area contributed by atoms with Gasteiger partial charge in [0.25, 0.3) is 0 Å². The average molecular weight is 380 g/mol. The maximum atomic E-state index is 4.49. The van der Waals surface area contributed by atoms with Crippen molar-refractivity contribution in [1.82, 2.24) is 9.97 Å². The Labute approximate surface area is 123 Å². The Morgan fingerprint density at radius 3 is 2.35 bits per heavy atom. The normalized spacial score (nSPS) is 7.71. The number of aromatic nitrogens is 2. The van der Waals surface area contributed by atoms with E-state index in [1.54, 1.807) is 12.4 Å². The van der Waals surface area contributed by atoms with Crippen molar-refractivity contribution in [2.45, 2.75) is 0 Å². The molecule has 0 spiro atoms. The van der Waals surface area contributed by atoms with Crippen LogP contribution in [-0.2, 0) is 18.2 Å². The Morgan fingerprint density at radius 1 is 1.06 bits per heavy atom. The molecule has 2 atom stereocenters. The van der Waals surface area contributed by atoms with Crippen LogP contribution in [0.4, 0.5) is 11.5 Å². The largest absolute Gasteiger partial charge is 0.392 e. The van der Waals surface area contributed by atoms with E-state index in [4.69, 9.17) is 0 Å². The van der Waals surface area contributed by atoms with Crippen molar-refractivity contribution in [3.8, 4) is 0 Å². The first kappa shape index (κ1) is 19.3. The minimum Gasteiger partial charge on any atom is -0.392 e. The Balaban J connectivity index is 0. The summed E-state index contributed by atoms with van der Waals surface area (Å²) in [6.45, 7) is 0. The molecule has 0 fully saturated rings. The fourth-order valence-electron chi connectivity index (χ4n) is 0.971. The van der Waals surface area contributed by atoms with Gasteiger partial charge in [-0.2, -0.15) is 25.9 Å². The zero-order chi connectivity index (χ0) is 10.9. The molecule has 0 radical (unpaired) electrons. The second-order valence-corrected chi connectivity index (χ2v) is 2.50. The minimum absolute atomic E-state index is 0. The molecule has 0 saturated heterocycles. The molecule has 96 valence electrons. The molecule has 0 bridgehead atoms. The van der Waals surface area contributed by atoms with Crippen LogP contribution < -0.4 is 5.32 Å². The van der Waals surface area contributed by atoms with E-state index in [1.165, 1.54) is 0 Å². The van der Waals surface area contributed by atoms with Gasteiger partial charge in [0.15, 0.2) is 0 Å². The fraction of sp³-hybridized carbons (Fsp3) is 0. The standard InChI is InChI=1S/C10H8N3.ClH.2H3P.Pd/c1-2-7-12-10(5-1)13-9-4-3-6-11-8-9;;;;/h1-7H,(H,12,13);1H;2*1H3;/q-1;;;;+2/p-1. The molecular weight excluding hydrogens is 366 g/mol. The van der Waals surface area contributed by atoms with E-state index in [0.717, 1.165) is 11.5 Å². The first-order valence-electron chi connectivity index (χ1n) is 4.08. The van der Waals surface area contributed by atoms with Crippen molar-refractivity contribution in [3.63, 3.8) is 0 Å². The van der Waals surface area contributed by atoms with Crippen LogP contribution in [0.1, 0.15) is 0 Å². The van der Waals surface area contributed by atoms with Gasteiger partial charge in [-0.15, -0.1) is 6.07 Å². The third-order valence-corrected chi connectivity index (χ3v) is 1.54. The van der Waals surface area contributed by atoms with Gasteiger partial charge in [-0.3, -0.25) is 0 Å². The molecule has 0 aliphatic rings. The molecule has 0 saturated carbocycles. The van der Waals surface area contributed by atoms with E-state index >= 15 is 0 Å². The van der Waals surface area contributed by atoms with E-state index in [-0.39, 0.29) is 19.8 Å². The van der Waals surface area contributed by atoms with Crippen molar-refractivity contribution in [3.05, 3.63) is 48.9 Å². The van der Waals surface area contributed by atoms with Gasteiger partial charge >= 0.3 is 27.7 Å². The van der Waals surface area contributed by atoms with Gasteiger partial charge < -0.3 is 10.3 Å². The molecule has 0 aromatic carbocycles. The number of hydrogen-bond donors (Lipinski definition) is 1. The van der Waals surface area contributed by atoms with Gasteiger partial charge in [0, 0.05) is 6.20 Å². The SMILES string of the molecule is P.P.[Cl][Pd+].[c-]1ncccc1Nc1ccccn1. The number of nitrogens with one attached hydrogen (secondary N) is 1. The predicted molar refractivity (Wildman–Crippen MR) is 78.7 cm³/mol. The van der Waals surface area contributed by atoms with E-state index in [2.05, 4.69) is 49.2 Å². The quantitative estimate of drug-likeness (QED) is 0.495. The molecule has 1 N–H and O–H groups in total. The third-order valence-electron chi connectivity index (χ3n) is 1.54. The Hall–Kier alpha value is -0.0877. The van der Waals surface area contributed by atoms with Gasteiger partial charge in [0.05, 0.1) is 0 Å². The van der Waals surface area contributed by atoms with Crippen molar-refractivity contribution < 1.29 is 18.2 Å². The summed E-state index contributed by atoms with van der Waals surface area (Å²) in [5, 5.41) is 3.07. The number of rotatable bonds is 2. The molecule has 3 nitrogen and oxygen atoms in total. The van der Waals surface area contributed by atoms with Crippen LogP contribution in [-0.4, -0.2) is 9.97 Å². The molecule has 0 aliphatic heterocycles. The van der Waals surface area contributed by atoms with Crippen LogP contribution in [0.25, 0.3) is 0 Å². The minimum atomic E-state index is 0. The molecule has 2 rings (SSSR count). The monoisotopic (exact) mass is 379 g/mol. The van der Waals surface area contributed by atoms with Gasteiger partial charge in [-0.25, -0.2) is 4.98 Å². The zero-order valence-corrected chi connectivity index (χ0v) is 14.2. The summed E-state index contributed by atoms with van der Waals surface area (Å²) in [6, 6.07) is 9.42. The van der Waals surface area contributed by atoms with Gasteiger partial charge in [-0.05, 0) is 12.1 Å². The second-order valence-electron chi connectivity index (χ2n) is 2.50. The Bertz CT molecular complexity index is 340. The van der Waals surface area contributed by atoms with Gasteiger partial charge in [-0.1, -0.05) is 24.1 Å². The summed E-state index contributed by atoms with van der Waals surface area (Å²) in [7, 11) is 4.49. The smallest absolute Gasteiger partial charge is 0.128 e. The maximum Gasteiger partial charge on any atom is 0.128 e. The Morgan fingerprint density at radius 2 is 1.82 bits per heavy atom. The summed E-state index contributed by atoms with van der Waals surface area (Å²) in [5.41, 5.74) is 0.821. The van der Waals surface area contributed by atoms with Crippen LogP contribution in [0, 0.1) is 6.20 Å². The van der Waals surface area contributed by atoms with E-state index in [9.17, 15) is 0 Å². The average Bonchev–Trinajstić information content (AvgIpc) is 2.34. The first-order chi connectivity index (χ1) is 7.45. The van der Waals surface area contributed by atoms with Crippen LogP contribution in [0.15, 0.2) is 42.7 Å². The second kappa shape index (κ2) is 12.4.